The van der Waals surface area contributed by atoms with Crippen LogP contribution in [0.4, 0.5) is 26.3 Å². The van der Waals surface area contributed by atoms with Gasteiger partial charge < -0.3 is 10.1 Å². The summed E-state index contributed by atoms with van der Waals surface area (Å²) in [7, 11) is 1.07. The molecule has 0 spiro atoms. The number of nitrogens with one attached hydrogen (secondary N) is 1. The SMILES string of the molecule is COc1cc(C(F)(F)F)cc(C(F)(F)F)c1[C@@H]1CCCCN1.Cl. The zero-order chi connectivity index (χ0) is 16.5. The van der Waals surface area contributed by atoms with E-state index in [9.17, 15) is 26.3 Å². The van der Waals surface area contributed by atoms with Crippen molar-refractivity contribution in [2.24, 2.45) is 0 Å². The summed E-state index contributed by atoms with van der Waals surface area (Å²) in [4.78, 5) is 0. The summed E-state index contributed by atoms with van der Waals surface area (Å²) in [5.41, 5.74) is -2.91. The number of piperidine rings is 1. The number of alkyl halides is 6. The van der Waals surface area contributed by atoms with Crippen LogP contribution in [-0.4, -0.2) is 13.7 Å². The maximum absolute atomic E-state index is 13.2. The Morgan fingerprint density at radius 3 is 2.13 bits per heavy atom. The van der Waals surface area contributed by atoms with Crippen LogP contribution in [0.1, 0.15) is 42.0 Å². The number of halogens is 7. The van der Waals surface area contributed by atoms with Crippen LogP contribution in [0.15, 0.2) is 12.1 Å². The zero-order valence-corrected chi connectivity index (χ0v) is 13.0. The Bertz CT molecular complexity index is 537. The minimum absolute atomic E-state index is 0. The largest absolute Gasteiger partial charge is 0.496 e. The van der Waals surface area contributed by atoms with E-state index < -0.39 is 29.5 Å². The average Bonchev–Trinajstić information content (AvgIpc) is 2.44. The van der Waals surface area contributed by atoms with Crippen LogP contribution in [0.5, 0.6) is 5.75 Å². The fraction of sp³-hybridized carbons (Fsp3) is 0.571. The summed E-state index contributed by atoms with van der Waals surface area (Å²) in [5.74, 6) is -0.387. The summed E-state index contributed by atoms with van der Waals surface area (Å²) >= 11 is 0. The molecule has 1 aliphatic rings. The molecule has 1 N–H and O–H groups in total. The summed E-state index contributed by atoms with van der Waals surface area (Å²) < 4.78 is 83.0. The van der Waals surface area contributed by atoms with Crippen molar-refractivity contribution in [3.8, 4) is 5.75 Å². The molecule has 1 aromatic carbocycles. The molecular formula is C14H16ClF6NO. The van der Waals surface area contributed by atoms with Gasteiger partial charge in [0.15, 0.2) is 0 Å². The average molecular weight is 364 g/mol. The van der Waals surface area contributed by atoms with Gasteiger partial charge in [0.2, 0.25) is 0 Å². The standard InChI is InChI=1S/C14H15F6NO.ClH/c1-22-11-7-8(13(15,16)17)6-9(14(18,19)20)12(11)10-4-2-3-5-21-10;/h6-7,10,21H,2-5H2,1H3;1H/t10-;/m0./s1. The van der Waals surface area contributed by atoms with Gasteiger partial charge >= 0.3 is 12.4 Å². The van der Waals surface area contributed by atoms with E-state index in [0.717, 1.165) is 13.5 Å². The summed E-state index contributed by atoms with van der Waals surface area (Å²) in [6.45, 7) is 0.520. The maximum Gasteiger partial charge on any atom is 0.416 e. The molecule has 0 amide bonds. The van der Waals surface area contributed by atoms with Gasteiger partial charge in [0, 0.05) is 11.6 Å². The Morgan fingerprint density at radius 2 is 1.70 bits per heavy atom. The number of hydrogen-bond donors (Lipinski definition) is 1. The third kappa shape index (κ3) is 4.44. The lowest BCUT2D eigenvalue weighted by Gasteiger charge is -2.29. The molecule has 1 aromatic rings. The van der Waals surface area contributed by atoms with Gasteiger partial charge in [-0.25, -0.2) is 0 Å². The van der Waals surface area contributed by atoms with Gasteiger partial charge in [-0.15, -0.1) is 12.4 Å². The molecular weight excluding hydrogens is 348 g/mol. The van der Waals surface area contributed by atoms with Crippen molar-refractivity contribution in [1.29, 1.82) is 0 Å². The van der Waals surface area contributed by atoms with Crippen molar-refractivity contribution in [2.75, 3.05) is 13.7 Å². The van der Waals surface area contributed by atoms with Crippen LogP contribution in [0.3, 0.4) is 0 Å². The lowest BCUT2D eigenvalue weighted by molar-refractivity contribution is -0.143. The molecule has 1 heterocycles. The van der Waals surface area contributed by atoms with E-state index in [2.05, 4.69) is 5.32 Å². The van der Waals surface area contributed by atoms with E-state index in [1.807, 2.05) is 0 Å². The predicted molar refractivity (Wildman–Crippen MR) is 74.8 cm³/mol. The van der Waals surface area contributed by atoms with Gasteiger partial charge in [-0.1, -0.05) is 6.42 Å². The highest BCUT2D eigenvalue weighted by Gasteiger charge is 2.41. The molecule has 0 saturated carbocycles. The van der Waals surface area contributed by atoms with Crippen LogP contribution in [0.25, 0.3) is 0 Å². The molecule has 0 aliphatic carbocycles. The Labute approximate surface area is 135 Å². The molecule has 1 aliphatic heterocycles. The second-order valence-corrected chi connectivity index (χ2v) is 5.14. The molecule has 1 fully saturated rings. The minimum atomic E-state index is -4.89. The highest BCUT2D eigenvalue weighted by Crippen LogP contribution is 2.44. The van der Waals surface area contributed by atoms with Gasteiger partial charge in [-0.3, -0.25) is 0 Å². The number of hydrogen-bond acceptors (Lipinski definition) is 2. The van der Waals surface area contributed by atoms with Crippen LogP contribution in [-0.2, 0) is 12.4 Å². The first kappa shape index (κ1) is 19.9. The first-order chi connectivity index (χ1) is 10.1. The molecule has 2 rings (SSSR count). The monoisotopic (exact) mass is 363 g/mol. The second kappa shape index (κ2) is 7.17. The third-order valence-corrected chi connectivity index (χ3v) is 3.65. The minimum Gasteiger partial charge on any atom is -0.496 e. The summed E-state index contributed by atoms with van der Waals surface area (Å²) in [6, 6.07) is 0.122. The van der Waals surface area contributed by atoms with Gasteiger partial charge in [0.25, 0.3) is 0 Å². The fourth-order valence-corrected chi connectivity index (χ4v) is 2.65. The normalized spacial score (nSPS) is 19.2. The molecule has 9 heteroatoms. The lowest BCUT2D eigenvalue weighted by atomic mass is 9.91. The number of ether oxygens (including phenoxy) is 1. The Kier molecular flexibility index (Phi) is 6.20. The highest BCUT2D eigenvalue weighted by atomic mass is 35.5. The number of benzene rings is 1. The Morgan fingerprint density at radius 1 is 1.04 bits per heavy atom. The van der Waals surface area contributed by atoms with Crippen molar-refractivity contribution in [1.82, 2.24) is 5.32 Å². The highest BCUT2D eigenvalue weighted by molar-refractivity contribution is 5.85. The molecule has 23 heavy (non-hydrogen) atoms. The van der Waals surface area contributed by atoms with Crippen molar-refractivity contribution < 1.29 is 31.1 Å². The molecule has 0 bridgehead atoms. The summed E-state index contributed by atoms with van der Waals surface area (Å²) in [6.07, 6.45) is -7.81. The zero-order valence-electron chi connectivity index (χ0n) is 12.1. The summed E-state index contributed by atoms with van der Waals surface area (Å²) in [5, 5.41) is 2.92. The first-order valence-corrected chi connectivity index (χ1v) is 6.74. The van der Waals surface area contributed by atoms with Gasteiger partial charge in [0.1, 0.15) is 5.75 Å². The van der Waals surface area contributed by atoms with E-state index in [0.29, 0.717) is 25.5 Å². The van der Waals surface area contributed by atoms with Gasteiger partial charge in [-0.2, -0.15) is 26.3 Å². The van der Waals surface area contributed by atoms with E-state index in [-0.39, 0.29) is 29.8 Å². The van der Waals surface area contributed by atoms with E-state index >= 15 is 0 Å². The van der Waals surface area contributed by atoms with E-state index in [1.165, 1.54) is 0 Å². The predicted octanol–water partition coefficient (Wildman–Crippen LogP) is 4.97. The molecule has 1 saturated heterocycles. The molecule has 0 unspecified atom stereocenters. The molecule has 1 atom stereocenters. The number of rotatable bonds is 2. The molecule has 0 aromatic heterocycles. The topological polar surface area (TPSA) is 21.3 Å². The molecule has 0 radical (unpaired) electrons. The van der Waals surface area contributed by atoms with Crippen molar-refractivity contribution >= 4 is 12.4 Å². The Balaban J connectivity index is 0.00000264. The van der Waals surface area contributed by atoms with Gasteiger partial charge in [0.05, 0.1) is 18.2 Å². The van der Waals surface area contributed by atoms with Crippen LogP contribution >= 0.6 is 12.4 Å². The van der Waals surface area contributed by atoms with Gasteiger partial charge in [-0.05, 0) is 31.5 Å². The van der Waals surface area contributed by atoms with Crippen molar-refractivity contribution in [3.63, 3.8) is 0 Å². The first-order valence-electron chi connectivity index (χ1n) is 6.74. The van der Waals surface area contributed by atoms with Crippen molar-refractivity contribution in [2.45, 2.75) is 37.7 Å². The van der Waals surface area contributed by atoms with E-state index in [4.69, 9.17) is 4.74 Å². The van der Waals surface area contributed by atoms with Crippen LogP contribution in [0.2, 0.25) is 0 Å². The number of methoxy groups -OCH3 is 1. The fourth-order valence-electron chi connectivity index (χ4n) is 2.65. The smallest absolute Gasteiger partial charge is 0.416 e. The Hall–Kier alpha value is -1.15. The van der Waals surface area contributed by atoms with Crippen LogP contribution in [0, 0.1) is 0 Å². The quantitative estimate of drug-likeness (QED) is 0.749. The molecule has 2 nitrogen and oxygen atoms in total. The van der Waals surface area contributed by atoms with E-state index in [1.54, 1.807) is 0 Å². The van der Waals surface area contributed by atoms with Crippen LogP contribution < -0.4 is 10.1 Å². The maximum atomic E-state index is 13.2. The van der Waals surface area contributed by atoms with Crippen molar-refractivity contribution in [3.05, 3.63) is 28.8 Å². The lowest BCUT2D eigenvalue weighted by Crippen LogP contribution is -2.29. The third-order valence-electron chi connectivity index (χ3n) is 3.65. The molecule has 132 valence electrons. The second-order valence-electron chi connectivity index (χ2n) is 5.14.